The number of nitrogens with zero attached hydrogens (tertiary/aromatic N) is 1. The molecule has 0 aliphatic heterocycles. The lowest BCUT2D eigenvalue weighted by Gasteiger charge is -1.82. The van der Waals surface area contributed by atoms with Gasteiger partial charge in [-0.25, -0.2) is 0 Å². The van der Waals surface area contributed by atoms with Crippen LogP contribution in [-0.2, 0) is 4.79 Å². The van der Waals surface area contributed by atoms with Gasteiger partial charge < -0.3 is 4.79 Å². The molecule has 0 aromatic rings. The maximum Gasteiger partial charge on any atom is 0.120 e. The van der Waals surface area contributed by atoms with E-state index < -0.39 is 0 Å². The number of hydrogen-bond donors (Lipinski definition) is 0. The average molecular weight is 123 g/mol. The number of rotatable bonds is 3. The molecule has 0 spiro atoms. The maximum atomic E-state index is 9.76. The van der Waals surface area contributed by atoms with Crippen LogP contribution < -0.4 is 0 Å². The summed E-state index contributed by atoms with van der Waals surface area (Å²) in [5, 5.41) is 8.23. The van der Waals surface area contributed by atoms with Crippen LogP contribution in [-0.4, -0.2) is 6.29 Å². The lowest BCUT2D eigenvalue weighted by atomic mass is 10.2. The Labute approximate surface area is 54.8 Å². The molecule has 0 fully saturated rings. The fraction of sp³-hybridized carbons (Fsp3) is 0.429. The molecule has 9 heavy (non-hydrogen) atoms. The molecular formula is C7H9NO. The number of allylic oxidation sites excluding steroid dienone is 2. The Kier molecular flexibility index (Phi) is 4.43. The smallest absolute Gasteiger partial charge is 0.120 e. The fourth-order valence-corrected chi connectivity index (χ4v) is 0.414. The van der Waals surface area contributed by atoms with Crippen molar-refractivity contribution in [3.8, 4) is 6.07 Å². The van der Waals surface area contributed by atoms with Crippen molar-refractivity contribution in [3.63, 3.8) is 0 Å². The zero-order valence-corrected chi connectivity index (χ0v) is 5.42. The SMILES string of the molecule is C/C(C#N)=C/CCC=O. The van der Waals surface area contributed by atoms with Crippen molar-refractivity contribution in [3.05, 3.63) is 11.6 Å². The molecule has 0 atom stereocenters. The third kappa shape index (κ3) is 4.76. The highest BCUT2D eigenvalue weighted by Crippen LogP contribution is 1.93. The fourth-order valence-electron chi connectivity index (χ4n) is 0.414. The predicted molar refractivity (Wildman–Crippen MR) is 34.7 cm³/mol. The molecule has 0 rings (SSSR count). The van der Waals surface area contributed by atoms with Crippen LogP contribution in [0.3, 0.4) is 0 Å². The van der Waals surface area contributed by atoms with Gasteiger partial charge in [-0.05, 0) is 13.3 Å². The van der Waals surface area contributed by atoms with Crippen molar-refractivity contribution in [2.75, 3.05) is 0 Å². The van der Waals surface area contributed by atoms with Gasteiger partial charge in [0, 0.05) is 12.0 Å². The number of hydrogen-bond acceptors (Lipinski definition) is 2. The summed E-state index contributed by atoms with van der Waals surface area (Å²) in [7, 11) is 0. The Morgan fingerprint density at radius 2 is 2.33 bits per heavy atom. The molecule has 0 radical (unpaired) electrons. The first kappa shape index (κ1) is 7.90. The van der Waals surface area contributed by atoms with Gasteiger partial charge in [0.1, 0.15) is 6.29 Å². The van der Waals surface area contributed by atoms with Gasteiger partial charge in [-0.2, -0.15) is 5.26 Å². The summed E-state index contributed by atoms with van der Waals surface area (Å²) in [4.78, 5) is 9.76. The van der Waals surface area contributed by atoms with Crippen LogP contribution in [0.4, 0.5) is 0 Å². The van der Waals surface area contributed by atoms with Gasteiger partial charge in [0.2, 0.25) is 0 Å². The van der Waals surface area contributed by atoms with Crippen molar-refractivity contribution < 1.29 is 4.79 Å². The minimum atomic E-state index is 0.513. The number of carbonyl (C=O) groups is 1. The Morgan fingerprint density at radius 1 is 1.67 bits per heavy atom. The Balaban J connectivity index is 3.46. The summed E-state index contributed by atoms with van der Waals surface area (Å²) < 4.78 is 0. The average Bonchev–Trinajstić information content (AvgIpc) is 1.89. The molecule has 48 valence electrons. The zero-order chi connectivity index (χ0) is 7.11. The summed E-state index contributed by atoms with van der Waals surface area (Å²) in [5.41, 5.74) is 0.678. The van der Waals surface area contributed by atoms with Gasteiger partial charge in [0.05, 0.1) is 6.07 Å². The molecule has 0 aromatic heterocycles. The van der Waals surface area contributed by atoms with E-state index in [9.17, 15) is 4.79 Å². The third-order valence-electron chi connectivity index (χ3n) is 0.911. The molecule has 0 saturated carbocycles. The second-order valence-electron chi connectivity index (χ2n) is 1.74. The van der Waals surface area contributed by atoms with E-state index in [1.165, 1.54) is 0 Å². The normalized spacial score (nSPS) is 10.4. The lowest BCUT2D eigenvalue weighted by molar-refractivity contribution is -0.107. The van der Waals surface area contributed by atoms with Gasteiger partial charge >= 0.3 is 0 Å². The second kappa shape index (κ2) is 5.04. The molecule has 0 N–H and O–H groups in total. The van der Waals surface area contributed by atoms with Gasteiger partial charge in [0.25, 0.3) is 0 Å². The van der Waals surface area contributed by atoms with E-state index in [4.69, 9.17) is 5.26 Å². The number of aldehydes is 1. The van der Waals surface area contributed by atoms with E-state index in [1.54, 1.807) is 13.0 Å². The Morgan fingerprint density at radius 3 is 2.78 bits per heavy atom. The van der Waals surface area contributed by atoms with E-state index in [2.05, 4.69) is 0 Å². The van der Waals surface area contributed by atoms with Gasteiger partial charge in [-0.15, -0.1) is 0 Å². The van der Waals surface area contributed by atoms with E-state index in [1.807, 2.05) is 6.07 Å². The zero-order valence-electron chi connectivity index (χ0n) is 5.42. The van der Waals surface area contributed by atoms with E-state index >= 15 is 0 Å². The Bertz CT molecular complexity index is 153. The van der Waals surface area contributed by atoms with Crippen LogP contribution in [0.25, 0.3) is 0 Å². The van der Waals surface area contributed by atoms with Gasteiger partial charge in [0.15, 0.2) is 0 Å². The first-order chi connectivity index (χ1) is 4.31. The van der Waals surface area contributed by atoms with Gasteiger partial charge in [-0.3, -0.25) is 0 Å². The van der Waals surface area contributed by atoms with Crippen LogP contribution in [0.15, 0.2) is 11.6 Å². The van der Waals surface area contributed by atoms with Crippen molar-refractivity contribution >= 4 is 6.29 Å². The third-order valence-corrected chi connectivity index (χ3v) is 0.911. The van der Waals surface area contributed by atoms with Gasteiger partial charge in [-0.1, -0.05) is 6.08 Å². The quantitative estimate of drug-likeness (QED) is 0.323. The molecule has 0 aliphatic carbocycles. The molecule has 0 unspecified atom stereocenters. The summed E-state index contributed by atoms with van der Waals surface area (Å²) >= 11 is 0. The van der Waals surface area contributed by atoms with Crippen molar-refractivity contribution in [2.24, 2.45) is 0 Å². The Hall–Kier alpha value is -1.10. The van der Waals surface area contributed by atoms with Crippen LogP contribution >= 0.6 is 0 Å². The standard InChI is InChI=1S/C7H9NO/c1-7(6-8)4-2-3-5-9/h4-5H,2-3H2,1H3/b7-4-. The monoisotopic (exact) mass is 123 g/mol. The highest BCUT2D eigenvalue weighted by Gasteiger charge is 1.82. The molecule has 0 aromatic carbocycles. The lowest BCUT2D eigenvalue weighted by Crippen LogP contribution is -1.73. The molecule has 2 nitrogen and oxygen atoms in total. The van der Waals surface area contributed by atoms with Crippen molar-refractivity contribution in [2.45, 2.75) is 19.8 Å². The van der Waals surface area contributed by atoms with E-state index in [0.717, 1.165) is 6.29 Å². The largest absolute Gasteiger partial charge is 0.303 e. The van der Waals surface area contributed by atoms with Crippen LogP contribution in [0.5, 0.6) is 0 Å². The summed E-state index contributed by atoms with van der Waals surface area (Å²) in [6.45, 7) is 1.73. The molecule has 0 heterocycles. The molecule has 2 heteroatoms. The van der Waals surface area contributed by atoms with Crippen LogP contribution in [0.2, 0.25) is 0 Å². The maximum absolute atomic E-state index is 9.76. The summed E-state index contributed by atoms with van der Waals surface area (Å²) in [6, 6.07) is 1.97. The van der Waals surface area contributed by atoms with Crippen molar-refractivity contribution in [1.82, 2.24) is 0 Å². The molecule has 0 amide bonds. The highest BCUT2D eigenvalue weighted by molar-refractivity contribution is 5.49. The van der Waals surface area contributed by atoms with E-state index in [0.29, 0.717) is 18.4 Å². The number of carbonyl (C=O) groups excluding carboxylic acids is 1. The minimum Gasteiger partial charge on any atom is -0.303 e. The van der Waals surface area contributed by atoms with Crippen LogP contribution in [0, 0.1) is 11.3 Å². The number of unbranched alkanes of at least 4 members (excludes halogenated alkanes) is 1. The number of nitriles is 1. The van der Waals surface area contributed by atoms with E-state index in [-0.39, 0.29) is 0 Å². The first-order valence-corrected chi connectivity index (χ1v) is 2.81. The molecule has 0 saturated heterocycles. The molecule has 0 bridgehead atoms. The second-order valence-corrected chi connectivity index (χ2v) is 1.74. The first-order valence-electron chi connectivity index (χ1n) is 2.81. The molecule has 0 aliphatic rings. The topological polar surface area (TPSA) is 40.9 Å². The van der Waals surface area contributed by atoms with Crippen molar-refractivity contribution in [1.29, 1.82) is 5.26 Å². The minimum absolute atomic E-state index is 0.513. The summed E-state index contributed by atoms with van der Waals surface area (Å²) in [5.74, 6) is 0. The summed E-state index contributed by atoms with van der Waals surface area (Å²) in [6.07, 6.45) is 3.80. The van der Waals surface area contributed by atoms with Crippen LogP contribution in [0.1, 0.15) is 19.8 Å². The predicted octanol–water partition coefficient (Wildman–Crippen LogP) is 1.44. The highest BCUT2D eigenvalue weighted by atomic mass is 16.1. The molecular weight excluding hydrogens is 114 g/mol.